The molecule has 0 aliphatic rings. The van der Waals surface area contributed by atoms with Gasteiger partial charge in [-0.1, -0.05) is 11.8 Å². The number of carbonyl (C=O) groups excluding carboxylic acids is 1. The van der Waals surface area contributed by atoms with Crippen LogP contribution in [0.5, 0.6) is 0 Å². The second kappa shape index (κ2) is 7.77. The third-order valence-electron chi connectivity index (χ3n) is 4.39. The van der Waals surface area contributed by atoms with E-state index in [1.54, 1.807) is 20.2 Å². The van der Waals surface area contributed by atoms with Crippen LogP contribution in [0.3, 0.4) is 0 Å². The summed E-state index contributed by atoms with van der Waals surface area (Å²) in [4.78, 5) is 30.3. The van der Waals surface area contributed by atoms with Gasteiger partial charge in [0.05, 0.1) is 17.7 Å². The average molecular weight is 392 g/mol. The molecular formula is C18H21N3O3S2. The van der Waals surface area contributed by atoms with E-state index >= 15 is 0 Å². The number of hydrogen-bond donors (Lipinski definition) is 0. The molecule has 0 atom stereocenters. The Morgan fingerprint density at radius 2 is 2.15 bits per heavy atom. The largest absolute Gasteiger partial charge is 0.383 e. The summed E-state index contributed by atoms with van der Waals surface area (Å²) in [5.74, 6) is 0.276. The van der Waals surface area contributed by atoms with E-state index < -0.39 is 0 Å². The molecule has 3 rings (SSSR count). The fourth-order valence-electron chi connectivity index (χ4n) is 2.93. The summed E-state index contributed by atoms with van der Waals surface area (Å²) in [5.41, 5.74) is 2.62. The lowest BCUT2D eigenvalue weighted by atomic mass is 10.2. The number of carbonyl (C=O) groups is 1. The van der Waals surface area contributed by atoms with Crippen LogP contribution in [0.25, 0.3) is 10.2 Å². The summed E-state index contributed by atoms with van der Waals surface area (Å²) in [6.07, 6.45) is 0. The minimum atomic E-state index is -0.0797. The Labute approximate surface area is 159 Å². The van der Waals surface area contributed by atoms with E-state index in [1.807, 2.05) is 25.3 Å². The second-order valence-corrected chi connectivity index (χ2v) is 7.88. The predicted molar refractivity (Wildman–Crippen MR) is 106 cm³/mol. The van der Waals surface area contributed by atoms with E-state index in [0.29, 0.717) is 27.5 Å². The maximum Gasteiger partial charge on any atom is 0.262 e. The molecule has 0 fully saturated rings. The maximum atomic E-state index is 12.7. The van der Waals surface area contributed by atoms with E-state index in [-0.39, 0.29) is 17.1 Å². The highest BCUT2D eigenvalue weighted by molar-refractivity contribution is 7.99. The number of ether oxygens (including phenoxy) is 1. The summed E-state index contributed by atoms with van der Waals surface area (Å²) in [6.45, 7) is 5.26. The minimum absolute atomic E-state index is 0.0345. The number of aromatic nitrogens is 3. The molecule has 0 aliphatic carbocycles. The highest BCUT2D eigenvalue weighted by atomic mass is 32.2. The summed E-state index contributed by atoms with van der Waals surface area (Å²) in [7, 11) is 3.36. The summed E-state index contributed by atoms with van der Waals surface area (Å²) in [5, 5.41) is 3.04. The van der Waals surface area contributed by atoms with Gasteiger partial charge in [-0.2, -0.15) is 0 Å². The van der Waals surface area contributed by atoms with Gasteiger partial charge in [0.15, 0.2) is 10.9 Å². The number of Topliss-reactive ketones (excluding diaryl/α,β-unsaturated/α-hetero) is 1. The summed E-state index contributed by atoms with van der Waals surface area (Å²) in [6, 6.07) is 3.70. The zero-order valence-corrected chi connectivity index (χ0v) is 16.9. The zero-order valence-electron chi connectivity index (χ0n) is 15.2. The van der Waals surface area contributed by atoms with E-state index in [0.717, 1.165) is 17.9 Å². The third kappa shape index (κ3) is 3.49. The Morgan fingerprint density at radius 3 is 2.88 bits per heavy atom. The number of methoxy groups -OCH3 is 1. The molecule has 0 bridgehead atoms. The second-order valence-electron chi connectivity index (χ2n) is 6.04. The average Bonchev–Trinajstić information content (AvgIpc) is 3.20. The van der Waals surface area contributed by atoms with Gasteiger partial charge in [0.25, 0.3) is 5.56 Å². The van der Waals surface area contributed by atoms with Crippen LogP contribution in [0.1, 0.15) is 21.7 Å². The molecule has 0 unspecified atom stereocenters. The van der Waals surface area contributed by atoms with Crippen molar-refractivity contribution >= 4 is 39.1 Å². The number of thioether (sulfide) groups is 1. The Balaban J connectivity index is 1.79. The zero-order chi connectivity index (χ0) is 18.8. The molecule has 26 heavy (non-hydrogen) atoms. The number of hydrogen-bond acceptors (Lipinski definition) is 6. The van der Waals surface area contributed by atoms with Gasteiger partial charge in [0, 0.05) is 37.7 Å². The molecule has 6 nitrogen and oxygen atoms in total. The number of fused-ring (bicyclic) bond motifs is 1. The molecule has 0 radical (unpaired) electrons. The van der Waals surface area contributed by atoms with Crippen LogP contribution in [0, 0.1) is 13.8 Å². The quantitative estimate of drug-likeness (QED) is 0.352. The van der Waals surface area contributed by atoms with Gasteiger partial charge < -0.3 is 9.30 Å². The molecule has 0 amide bonds. The van der Waals surface area contributed by atoms with Crippen LogP contribution >= 0.6 is 23.1 Å². The van der Waals surface area contributed by atoms with Gasteiger partial charge in [0.1, 0.15) is 4.83 Å². The van der Waals surface area contributed by atoms with Crippen LogP contribution in [0.2, 0.25) is 0 Å². The van der Waals surface area contributed by atoms with Crippen molar-refractivity contribution in [2.24, 2.45) is 7.05 Å². The van der Waals surface area contributed by atoms with Gasteiger partial charge in [0.2, 0.25) is 0 Å². The van der Waals surface area contributed by atoms with E-state index in [9.17, 15) is 9.59 Å². The minimum Gasteiger partial charge on any atom is -0.383 e. The lowest BCUT2D eigenvalue weighted by Gasteiger charge is -2.09. The molecule has 3 aromatic heterocycles. The van der Waals surface area contributed by atoms with Gasteiger partial charge in [-0.05, 0) is 31.4 Å². The molecule has 0 aromatic carbocycles. The maximum absolute atomic E-state index is 12.7. The third-order valence-corrected chi connectivity index (χ3v) is 6.23. The number of thiophene rings is 1. The number of aryl methyl sites for hydroxylation is 1. The van der Waals surface area contributed by atoms with Crippen molar-refractivity contribution in [3.63, 3.8) is 0 Å². The molecule has 0 saturated carbocycles. The molecule has 3 heterocycles. The Morgan fingerprint density at radius 1 is 1.38 bits per heavy atom. The first-order valence-corrected chi connectivity index (χ1v) is 10.1. The first-order chi connectivity index (χ1) is 12.4. The van der Waals surface area contributed by atoms with Gasteiger partial charge in [-0.3, -0.25) is 14.2 Å². The van der Waals surface area contributed by atoms with Gasteiger partial charge >= 0.3 is 0 Å². The molecule has 138 valence electrons. The molecular weight excluding hydrogens is 370 g/mol. The van der Waals surface area contributed by atoms with Crippen LogP contribution in [-0.2, 0) is 18.3 Å². The SMILES string of the molecule is COCCn1c(C)cc(C(=O)CSc2nc3sccc3c(=O)n2C)c1C. The first-order valence-electron chi connectivity index (χ1n) is 8.20. The monoisotopic (exact) mass is 391 g/mol. The van der Waals surface area contributed by atoms with Crippen molar-refractivity contribution in [3.8, 4) is 0 Å². The van der Waals surface area contributed by atoms with Crippen molar-refractivity contribution in [2.75, 3.05) is 19.5 Å². The Kier molecular flexibility index (Phi) is 5.64. The highest BCUT2D eigenvalue weighted by Gasteiger charge is 2.17. The summed E-state index contributed by atoms with van der Waals surface area (Å²) >= 11 is 2.73. The lowest BCUT2D eigenvalue weighted by Crippen LogP contribution is -2.19. The number of nitrogens with zero attached hydrogens (tertiary/aromatic N) is 3. The first kappa shape index (κ1) is 18.9. The van der Waals surface area contributed by atoms with Gasteiger partial charge in [-0.15, -0.1) is 11.3 Å². The van der Waals surface area contributed by atoms with Crippen molar-refractivity contribution in [2.45, 2.75) is 25.5 Å². The number of ketones is 1. The number of rotatable bonds is 7. The van der Waals surface area contributed by atoms with Crippen molar-refractivity contribution in [1.29, 1.82) is 0 Å². The molecule has 3 aromatic rings. The molecule has 8 heteroatoms. The Hall–Kier alpha value is -1.90. The smallest absolute Gasteiger partial charge is 0.262 e. The molecule has 0 spiro atoms. The van der Waals surface area contributed by atoms with Crippen LogP contribution < -0.4 is 5.56 Å². The fourth-order valence-corrected chi connectivity index (χ4v) is 4.59. The fraction of sp³-hybridized carbons (Fsp3) is 0.389. The predicted octanol–water partition coefficient (Wildman–Crippen LogP) is 3.03. The van der Waals surface area contributed by atoms with E-state index in [4.69, 9.17) is 4.74 Å². The topological polar surface area (TPSA) is 66.1 Å². The normalized spacial score (nSPS) is 11.4. The molecule has 0 saturated heterocycles. The van der Waals surface area contributed by atoms with Crippen LogP contribution in [-0.4, -0.2) is 39.4 Å². The molecule has 0 aliphatic heterocycles. The van der Waals surface area contributed by atoms with Crippen molar-refractivity contribution < 1.29 is 9.53 Å². The van der Waals surface area contributed by atoms with Gasteiger partial charge in [-0.25, -0.2) is 4.98 Å². The van der Waals surface area contributed by atoms with Crippen LogP contribution in [0.15, 0.2) is 27.5 Å². The van der Waals surface area contributed by atoms with Crippen LogP contribution in [0.4, 0.5) is 0 Å². The standard InChI is InChI=1S/C18H21N3O3S2/c1-11-9-14(12(2)21(11)6-7-24-4)15(22)10-26-18-19-16-13(5-8-25-16)17(23)20(18)3/h5,8-9H,6-7,10H2,1-4H3. The highest BCUT2D eigenvalue weighted by Crippen LogP contribution is 2.23. The van der Waals surface area contributed by atoms with E-state index in [2.05, 4.69) is 9.55 Å². The lowest BCUT2D eigenvalue weighted by molar-refractivity contribution is 0.102. The molecule has 0 N–H and O–H groups in total. The van der Waals surface area contributed by atoms with E-state index in [1.165, 1.54) is 27.7 Å². The van der Waals surface area contributed by atoms with Crippen molar-refractivity contribution in [3.05, 3.63) is 44.8 Å². The Bertz CT molecular complexity index is 1020. The summed E-state index contributed by atoms with van der Waals surface area (Å²) < 4.78 is 8.73. The van der Waals surface area contributed by atoms with Crippen molar-refractivity contribution in [1.82, 2.24) is 14.1 Å².